The molecule has 0 aliphatic carbocycles. The van der Waals surface area contributed by atoms with Crippen molar-refractivity contribution >= 4 is 16.5 Å². The van der Waals surface area contributed by atoms with Gasteiger partial charge in [0.05, 0.1) is 17.2 Å². The van der Waals surface area contributed by atoms with Crippen LogP contribution in [0.5, 0.6) is 0 Å². The number of aliphatic hydroxyl groups is 1. The third-order valence-electron chi connectivity index (χ3n) is 3.99. The molecule has 0 saturated carbocycles. The Balaban J connectivity index is 2.23. The highest BCUT2D eigenvalue weighted by molar-refractivity contribution is 7.15. The van der Waals surface area contributed by atoms with Crippen LogP contribution in [0.3, 0.4) is 0 Å². The first kappa shape index (κ1) is 14.8. The predicted molar refractivity (Wildman–Crippen MR) is 81.0 cm³/mol. The van der Waals surface area contributed by atoms with E-state index in [4.69, 9.17) is 4.98 Å². The first-order valence-corrected chi connectivity index (χ1v) is 7.73. The minimum atomic E-state index is 0.0995. The van der Waals surface area contributed by atoms with Crippen molar-refractivity contribution < 1.29 is 5.11 Å². The average Bonchev–Trinajstić information content (AvgIpc) is 2.76. The maximum atomic E-state index is 9.47. The molecule has 0 atom stereocenters. The highest BCUT2D eigenvalue weighted by atomic mass is 32.1. The van der Waals surface area contributed by atoms with Crippen molar-refractivity contribution in [2.24, 2.45) is 0 Å². The van der Waals surface area contributed by atoms with Crippen LogP contribution in [-0.4, -0.2) is 47.2 Å². The summed E-state index contributed by atoms with van der Waals surface area (Å²) >= 11 is 1.64. The molecule has 1 aliphatic heterocycles. The number of hydrogen-bond acceptors (Lipinski definition) is 5. The zero-order valence-electron chi connectivity index (χ0n) is 12.6. The number of thiazole rings is 1. The molecular weight excluding hydrogens is 258 g/mol. The van der Waals surface area contributed by atoms with Crippen molar-refractivity contribution in [2.75, 3.05) is 31.6 Å². The molecule has 108 valence electrons. The second kappa shape index (κ2) is 5.38. The maximum absolute atomic E-state index is 9.47. The molecule has 4 nitrogen and oxygen atoms in total. The summed E-state index contributed by atoms with van der Waals surface area (Å²) in [6.45, 7) is 11.9. The Bertz CT molecular complexity index is 442. The van der Waals surface area contributed by atoms with Gasteiger partial charge in [-0.3, -0.25) is 4.90 Å². The lowest BCUT2D eigenvalue weighted by Gasteiger charge is -2.45. The van der Waals surface area contributed by atoms with Crippen LogP contribution in [0.4, 0.5) is 5.13 Å². The van der Waals surface area contributed by atoms with Gasteiger partial charge in [0, 0.05) is 25.2 Å². The topological polar surface area (TPSA) is 39.6 Å². The number of hydrogen-bond donors (Lipinski definition) is 1. The van der Waals surface area contributed by atoms with Crippen LogP contribution in [0, 0.1) is 0 Å². The second-order valence-electron chi connectivity index (χ2n) is 6.27. The Morgan fingerprint density at radius 3 is 2.53 bits per heavy atom. The molecule has 0 aromatic carbocycles. The van der Waals surface area contributed by atoms with Gasteiger partial charge in [0.15, 0.2) is 5.13 Å². The number of aliphatic hydroxyl groups excluding tert-OH is 1. The third-order valence-corrected chi connectivity index (χ3v) is 5.11. The summed E-state index contributed by atoms with van der Waals surface area (Å²) in [4.78, 5) is 10.5. The Morgan fingerprint density at radius 2 is 2.05 bits per heavy atom. The Kier molecular flexibility index (Phi) is 4.18. The van der Waals surface area contributed by atoms with Crippen LogP contribution in [0.1, 0.15) is 44.2 Å². The lowest BCUT2D eigenvalue weighted by Crippen LogP contribution is -2.57. The van der Waals surface area contributed by atoms with Gasteiger partial charge in [-0.15, -0.1) is 0 Å². The lowest BCUT2D eigenvalue weighted by atomic mass is 10.0. The summed E-state index contributed by atoms with van der Waals surface area (Å²) in [5.41, 5.74) is 1.22. The van der Waals surface area contributed by atoms with E-state index in [-0.39, 0.29) is 12.1 Å². The van der Waals surface area contributed by atoms with Crippen LogP contribution >= 0.6 is 11.3 Å². The van der Waals surface area contributed by atoms with Crippen molar-refractivity contribution in [1.29, 1.82) is 0 Å². The first-order chi connectivity index (χ1) is 8.85. The van der Waals surface area contributed by atoms with Crippen molar-refractivity contribution in [1.82, 2.24) is 9.88 Å². The van der Waals surface area contributed by atoms with E-state index in [2.05, 4.69) is 44.5 Å². The van der Waals surface area contributed by atoms with Crippen LogP contribution in [0.2, 0.25) is 0 Å². The monoisotopic (exact) mass is 283 g/mol. The van der Waals surface area contributed by atoms with E-state index in [0.29, 0.717) is 5.92 Å². The van der Waals surface area contributed by atoms with Gasteiger partial charge in [-0.1, -0.05) is 25.2 Å². The Morgan fingerprint density at radius 1 is 1.37 bits per heavy atom. The van der Waals surface area contributed by atoms with E-state index in [1.54, 1.807) is 11.3 Å². The molecule has 5 heteroatoms. The second-order valence-corrected chi connectivity index (χ2v) is 7.34. The first-order valence-electron chi connectivity index (χ1n) is 6.92. The molecule has 1 aliphatic rings. The number of aromatic nitrogens is 1. The van der Waals surface area contributed by atoms with Crippen LogP contribution in [0.15, 0.2) is 0 Å². The number of nitrogens with zero attached hydrogens (tertiary/aromatic N) is 3. The van der Waals surface area contributed by atoms with Crippen molar-refractivity contribution in [3.8, 4) is 0 Å². The molecule has 0 amide bonds. The summed E-state index contributed by atoms with van der Waals surface area (Å²) in [5.74, 6) is 0.368. The molecule has 1 aromatic heterocycles. The van der Waals surface area contributed by atoms with Gasteiger partial charge in [-0.25, -0.2) is 4.98 Å². The normalized spacial score (nSPS) is 20.3. The molecule has 1 saturated heterocycles. The molecule has 1 fully saturated rings. The summed E-state index contributed by atoms with van der Waals surface area (Å²) in [6, 6.07) is 0. The van der Waals surface area contributed by atoms with Gasteiger partial charge < -0.3 is 10.0 Å². The average molecular weight is 283 g/mol. The fourth-order valence-electron chi connectivity index (χ4n) is 2.45. The molecule has 1 aromatic rings. The SMILES string of the molecule is CC(C)c1nc(N2CCN(C)C(C)(C)C2)sc1CO. The summed E-state index contributed by atoms with van der Waals surface area (Å²) < 4.78 is 0. The van der Waals surface area contributed by atoms with E-state index < -0.39 is 0 Å². The van der Waals surface area contributed by atoms with Gasteiger partial charge in [-0.05, 0) is 26.8 Å². The zero-order chi connectivity index (χ0) is 14.2. The fourth-order valence-corrected chi connectivity index (χ4v) is 3.55. The number of rotatable bonds is 3. The van der Waals surface area contributed by atoms with Crippen LogP contribution in [0.25, 0.3) is 0 Å². The smallest absolute Gasteiger partial charge is 0.185 e. The zero-order valence-corrected chi connectivity index (χ0v) is 13.4. The molecule has 0 unspecified atom stereocenters. The van der Waals surface area contributed by atoms with Crippen LogP contribution < -0.4 is 4.90 Å². The van der Waals surface area contributed by atoms with Crippen LogP contribution in [-0.2, 0) is 6.61 Å². The third kappa shape index (κ3) is 2.93. The highest BCUT2D eigenvalue weighted by Crippen LogP contribution is 2.33. The van der Waals surface area contributed by atoms with Gasteiger partial charge in [0.2, 0.25) is 0 Å². The lowest BCUT2D eigenvalue weighted by molar-refractivity contribution is 0.139. The standard InChI is InChI=1S/C14H25N3OS/c1-10(2)12-11(8-18)19-13(15-12)17-7-6-16(5)14(3,4)9-17/h10,18H,6-9H2,1-5H3. The summed E-state index contributed by atoms with van der Waals surface area (Å²) in [6.07, 6.45) is 0. The van der Waals surface area contributed by atoms with Crippen molar-refractivity contribution in [3.05, 3.63) is 10.6 Å². The largest absolute Gasteiger partial charge is 0.391 e. The van der Waals surface area contributed by atoms with Gasteiger partial charge in [0.25, 0.3) is 0 Å². The van der Waals surface area contributed by atoms with E-state index in [0.717, 1.165) is 35.3 Å². The molecule has 0 spiro atoms. The number of piperazine rings is 1. The number of likely N-dealkylation sites (N-methyl/N-ethyl adjacent to an activating group) is 1. The Hall–Kier alpha value is -0.650. The predicted octanol–water partition coefficient (Wildman–Crippen LogP) is 2.29. The fraction of sp³-hybridized carbons (Fsp3) is 0.786. The summed E-state index contributed by atoms with van der Waals surface area (Å²) in [5, 5.41) is 10.5. The van der Waals surface area contributed by atoms with E-state index in [1.165, 1.54) is 0 Å². The summed E-state index contributed by atoms with van der Waals surface area (Å²) in [7, 11) is 2.18. The molecular formula is C14H25N3OS. The van der Waals surface area contributed by atoms with E-state index >= 15 is 0 Å². The van der Waals surface area contributed by atoms with Gasteiger partial charge in [0.1, 0.15) is 0 Å². The minimum absolute atomic E-state index is 0.0995. The molecule has 19 heavy (non-hydrogen) atoms. The maximum Gasteiger partial charge on any atom is 0.185 e. The van der Waals surface area contributed by atoms with Gasteiger partial charge >= 0.3 is 0 Å². The molecule has 1 N–H and O–H groups in total. The van der Waals surface area contributed by atoms with E-state index in [1.807, 2.05) is 0 Å². The Labute approximate surface area is 120 Å². The van der Waals surface area contributed by atoms with E-state index in [9.17, 15) is 5.11 Å². The van der Waals surface area contributed by atoms with Gasteiger partial charge in [-0.2, -0.15) is 0 Å². The minimum Gasteiger partial charge on any atom is -0.391 e. The molecule has 0 radical (unpaired) electrons. The molecule has 2 rings (SSSR count). The quantitative estimate of drug-likeness (QED) is 0.924. The highest BCUT2D eigenvalue weighted by Gasteiger charge is 2.32. The van der Waals surface area contributed by atoms with Crippen molar-refractivity contribution in [2.45, 2.75) is 45.8 Å². The number of anilines is 1. The molecule has 0 bridgehead atoms. The van der Waals surface area contributed by atoms with Crippen molar-refractivity contribution in [3.63, 3.8) is 0 Å². The molecule has 2 heterocycles.